The smallest absolute Gasteiger partial charge is 0.216 e. The van der Waals surface area contributed by atoms with E-state index < -0.39 is 0 Å². The van der Waals surface area contributed by atoms with Gasteiger partial charge in [0.05, 0.1) is 5.56 Å². The van der Waals surface area contributed by atoms with Crippen molar-refractivity contribution in [1.82, 2.24) is 0 Å². The number of pyridine rings is 1. The van der Waals surface area contributed by atoms with E-state index in [2.05, 4.69) is 75.7 Å². The third-order valence-electron chi connectivity index (χ3n) is 6.38. The zero-order valence-corrected chi connectivity index (χ0v) is 18.7. The molecule has 0 spiro atoms. The molecule has 2 aromatic heterocycles. The lowest BCUT2D eigenvalue weighted by molar-refractivity contribution is -0.633. The van der Waals surface area contributed by atoms with Crippen LogP contribution in [0.1, 0.15) is 30.5 Å². The Morgan fingerprint density at radius 2 is 1.74 bits per heavy atom. The lowest BCUT2D eigenvalue weighted by atomic mass is 9.95. The molecule has 3 heteroatoms. The summed E-state index contributed by atoms with van der Waals surface area (Å²) in [6, 6.07) is 18.0. The first-order valence-electron chi connectivity index (χ1n) is 10.9. The highest BCUT2D eigenvalue weighted by Crippen LogP contribution is 2.39. The van der Waals surface area contributed by atoms with Gasteiger partial charge in [-0.1, -0.05) is 19.9 Å². The highest BCUT2D eigenvalue weighted by atomic mass is 19.1. The van der Waals surface area contributed by atoms with Gasteiger partial charge in [-0.25, -0.2) is 4.39 Å². The van der Waals surface area contributed by atoms with Crippen LogP contribution in [0.3, 0.4) is 0 Å². The molecule has 0 aliphatic heterocycles. The molecule has 0 aliphatic carbocycles. The third kappa shape index (κ3) is 3.20. The summed E-state index contributed by atoms with van der Waals surface area (Å²) in [6.07, 6.45) is 1.08. The molecule has 31 heavy (non-hydrogen) atoms. The molecule has 2 nitrogen and oxygen atoms in total. The Kier molecular flexibility index (Phi) is 4.58. The van der Waals surface area contributed by atoms with Gasteiger partial charge >= 0.3 is 0 Å². The fourth-order valence-electron chi connectivity index (χ4n) is 4.72. The molecule has 2 heterocycles. The van der Waals surface area contributed by atoms with Crippen LogP contribution in [-0.4, -0.2) is 0 Å². The van der Waals surface area contributed by atoms with Crippen molar-refractivity contribution in [2.45, 2.75) is 34.1 Å². The van der Waals surface area contributed by atoms with Gasteiger partial charge in [0, 0.05) is 34.4 Å². The van der Waals surface area contributed by atoms with Crippen molar-refractivity contribution >= 4 is 32.8 Å². The number of hydrogen-bond acceptors (Lipinski definition) is 1. The third-order valence-corrected chi connectivity index (χ3v) is 6.38. The Morgan fingerprint density at radius 3 is 2.52 bits per heavy atom. The quantitative estimate of drug-likeness (QED) is 0.287. The predicted octanol–water partition coefficient (Wildman–Crippen LogP) is 7.19. The summed E-state index contributed by atoms with van der Waals surface area (Å²) < 4.78 is 22.3. The summed E-state index contributed by atoms with van der Waals surface area (Å²) in [6.45, 7) is 8.75. The number of furan rings is 1. The number of benzene rings is 3. The summed E-state index contributed by atoms with van der Waals surface area (Å²) in [4.78, 5) is 0. The molecular formula is C28H27FNO+. The second kappa shape index (κ2) is 7.19. The van der Waals surface area contributed by atoms with E-state index in [-0.39, 0.29) is 5.82 Å². The monoisotopic (exact) mass is 412 g/mol. The molecular weight excluding hydrogens is 385 g/mol. The van der Waals surface area contributed by atoms with E-state index in [1.54, 1.807) is 0 Å². The van der Waals surface area contributed by atoms with Crippen molar-refractivity contribution < 1.29 is 13.4 Å². The Morgan fingerprint density at radius 1 is 0.935 bits per heavy atom. The summed E-state index contributed by atoms with van der Waals surface area (Å²) in [5.41, 5.74) is 8.49. The second-order valence-electron chi connectivity index (χ2n) is 9.08. The Bertz CT molecular complexity index is 1480. The number of rotatable bonds is 3. The lowest BCUT2D eigenvalue weighted by Crippen LogP contribution is -2.32. The van der Waals surface area contributed by atoms with Crippen molar-refractivity contribution in [1.29, 1.82) is 0 Å². The molecule has 156 valence electrons. The van der Waals surface area contributed by atoms with Crippen molar-refractivity contribution in [3.8, 4) is 11.3 Å². The van der Waals surface area contributed by atoms with Crippen molar-refractivity contribution in [3.63, 3.8) is 0 Å². The molecule has 0 bridgehead atoms. The van der Waals surface area contributed by atoms with Crippen LogP contribution in [0.2, 0.25) is 0 Å². The van der Waals surface area contributed by atoms with Crippen LogP contribution >= 0.6 is 0 Å². The van der Waals surface area contributed by atoms with Gasteiger partial charge in [-0.15, -0.1) is 0 Å². The fourth-order valence-corrected chi connectivity index (χ4v) is 4.72. The van der Waals surface area contributed by atoms with Crippen molar-refractivity contribution in [2.75, 3.05) is 0 Å². The number of fused-ring (bicyclic) bond motifs is 4. The Hall–Kier alpha value is -3.20. The molecule has 0 aliphatic rings. The minimum absolute atomic E-state index is 0.282. The van der Waals surface area contributed by atoms with E-state index in [9.17, 15) is 4.39 Å². The van der Waals surface area contributed by atoms with E-state index in [1.807, 2.05) is 6.07 Å². The summed E-state index contributed by atoms with van der Waals surface area (Å²) in [5, 5.41) is 3.21. The maximum atomic E-state index is 13.8. The first-order chi connectivity index (χ1) is 14.8. The minimum Gasteiger partial charge on any atom is -0.455 e. The Balaban J connectivity index is 1.79. The molecule has 0 unspecified atom stereocenters. The number of halogens is 1. The number of aromatic nitrogens is 1. The molecule has 0 radical (unpaired) electrons. The lowest BCUT2D eigenvalue weighted by Gasteiger charge is -2.11. The number of hydrogen-bond donors (Lipinski definition) is 0. The van der Waals surface area contributed by atoms with Crippen LogP contribution < -0.4 is 4.57 Å². The second-order valence-corrected chi connectivity index (χ2v) is 9.08. The van der Waals surface area contributed by atoms with E-state index >= 15 is 0 Å². The molecule has 0 atom stereocenters. The first-order valence-corrected chi connectivity index (χ1v) is 10.9. The predicted molar refractivity (Wildman–Crippen MR) is 126 cm³/mol. The number of aryl methyl sites for hydroxylation is 2. The average Bonchev–Trinajstić information content (AvgIpc) is 3.06. The van der Waals surface area contributed by atoms with Gasteiger partial charge in [0.25, 0.3) is 0 Å². The van der Waals surface area contributed by atoms with E-state index in [0.717, 1.165) is 34.0 Å². The molecule has 0 saturated carbocycles. The fraction of sp³-hybridized carbons (Fsp3) is 0.250. The molecule has 5 rings (SSSR count). The van der Waals surface area contributed by atoms with Crippen LogP contribution in [0, 0.1) is 25.6 Å². The normalized spacial score (nSPS) is 12.0. The zero-order valence-electron chi connectivity index (χ0n) is 18.7. The topological polar surface area (TPSA) is 17.0 Å². The van der Waals surface area contributed by atoms with Crippen molar-refractivity contribution in [2.24, 2.45) is 13.0 Å². The zero-order chi connectivity index (χ0) is 21.9. The average molecular weight is 413 g/mol. The maximum Gasteiger partial charge on any atom is 0.216 e. The number of nitrogens with zero attached hydrogens (tertiary/aromatic N) is 1. The van der Waals surface area contributed by atoms with Crippen LogP contribution in [0.25, 0.3) is 44.1 Å². The minimum atomic E-state index is -0.282. The molecule has 0 amide bonds. The van der Waals surface area contributed by atoms with Crippen LogP contribution in [0.4, 0.5) is 4.39 Å². The van der Waals surface area contributed by atoms with Gasteiger partial charge < -0.3 is 4.42 Å². The van der Waals surface area contributed by atoms with Gasteiger partial charge in [0.15, 0.2) is 0 Å². The van der Waals surface area contributed by atoms with Crippen LogP contribution in [-0.2, 0) is 13.5 Å². The highest BCUT2D eigenvalue weighted by Gasteiger charge is 2.23. The molecule has 3 aromatic carbocycles. The largest absolute Gasteiger partial charge is 0.455 e. The molecule has 0 N–H and O–H groups in total. The SMILES string of the molecule is Cc1cc2c(oc3cc(F)ccc32)c(-c2ccc3cc(CC(C)C)ccc3[n+]2C)c1C. The molecule has 5 aromatic rings. The Labute approximate surface area is 181 Å². The highest BCUT2D eigenvalue weighted by molar-refractivity contribution is 6.10. The van der Waals surface area contributed by atoms with Gasteiger partial charge in [0.2, 0.25) is 11.2 Å². The molecule has 0 saturated heterocycles. The van der Waals surface area contributed by atoms with Gasteiger partial charge in [-0.2, -0.15) is 4.57 Å². The first kappa shape index (κ1) is 19.7. The van der Waals surface area contributed by atoms with Gasteiger partial charge in [-0.3, -0.25) is 0 Å². The van der Waals surface area contributed by atoms with E-state index in [0.29, 0.717) is 11.5 Å². The summed E-state index contributed by atoms with van der Waals surface area (Å²) >= 11 is 0. The van der Waals surface area contributed by atoms with E-state index in [4.69, 9.17) is 4.42 Å². The van der Waals surface area contributed by atoms with E-state index in [1.165, 1.54) is 39.7 Å². The summed E-state index contributed by atoms with van der Waals surface area (Å²) in [7, 11) is 2.11. The van der Waals surface area contributed by atoms with Crippen molar-refractivity contribution in [3.05, 3.63) is 77.1 Å². The van der Waals surface area contributed by atoms with Crippen LogP contribution in [0.15, 0.2) is 59.0 Å². The standard InChI is InChI=1S/C28H27FNO/c1-16(2)12-19-6-10-24-20(14-19)7-11-25(30(24)5)27-18(4)17(3)13-23-22-9-8-21(29)15-26(22)31-28(23)27/h6-11,13-16H,12H2,1-5H3/q+1. The maximum absolute atomic E-state index is 13.8. The van der Waals surface area contributed by atoms with Crippen LogP contribution in [0.5, 0.6) is 0 Å². The van der Waals surface area contributed by atoms with Gasteiger partial charge in [-0.05, 0) is 73.2 Å². The summed E-state index contributed by atoms with van der Waals surface area (Å²) in [5.74, 6) is 0.349. The molecule has 0 fully saturated rings. The van der Waals surface area contributed by atoms with Gasteiger partial charge in [0.1, 0.15) is 24.0 Å².